The Labute approximate surface area is 135 Å². The van der Waals surface area contributed by atoms with Crippen molar-refractivity contribution in [3.05, 3.63) is 54.1 Å². The molecule has 2 N–H and O–H groups in total. The zero-order valence-corrected chi connectivity index (χ0v) is 13.2. The molecule has 0 atom stereocenters. The lowest BCUT2D eigenvalue weighted by molar-refractivity contribution is -0.114. The number of rotatable bonds is 6. The molecule has 5 heteroatoms. The summed E-state index contributed by atoms with van der Waals surface area (Å²) in [7, 11) is 0. The van der Waals surface area contributed by atoms with E-state index in [4.69, 9.17) is 10.00 Å². The van der Waals surface area contributed by atoms with E-state index in [0.717, 1.165) is 11.4 Å². The minimum Gasteiger partial charge on any atom is -0.491 e. The Bertz CT molecular complexity index is 703. The molecule has 0 aliphatic heterocycles. The number of carbonyl (C=O) groups excluding carboxylic acids is 1. The fourth-order valence-electron chi connectivity index (χ4n) is 1.98. The standard InChI is InChI=1S/C18H19N3O2/c1-13(2)23-17-8-6-15(7-9-17)21-18(22)12-20-16-5-3-4-14(10-16)11-19/h3-10,13,20H,12H2,1-2H3,(H,21,22). The van der Waals surface area contributed by atoms with Gasteiger partial charge in [0.1, 0.15) is 5.75 Å². The normalized spacial score (nSPS) is 10.0. The van der Waals surface area contributed by atoms with Gasteiger partial charge in [-0.15, -0.1) is 0 Å². The van der Waals surface area contributed by atoms with Crippen LogP contribution < -0.4 is 15.4 Å². The molecule has 0 saturated heterocycles. The lowest BCUT2D eigenvalue weighted by atomic mass is 10.2. The maximum Gasteiger partial charge on any atom is 0.243 e. The average molecular weight is 309 g/mol. The van der Waals surface area contributed by atoms with E-state index in [1.807, 2.05) is 32.0 Å². The summed E-state index contributed by atoms with van der Waals surface area (Å²) >= 11 is 0. The number of nitrogens with zero attached hydrogens (tertiary/aromatic N) is 1. The van der Waals surface area contributed by atoms with Gasteiger partial charge in [0.05, 0.1) is 24.3 Å². The molecule has 0 fully saturated rings. The Balaban J connectivity index is 1.86. The van der Waals surface area contributed by atoms with Gasteiger partial charge in [0, 0.05) is 11.4 Å². The Morgan fingerprint density at radius 1 is 1.17 bits per heavy atom. The van der Waals surface area contributed by atoms with Crippen molar-refractivity contribution >= 4 is 17.3 Å². The number of hydrogen-bond donors (Lipinski definition) is 2. The molecule has 0 bridgehead atoms. The van der Waals surface area contributed by atoms with Crippen molar-refractivity contribution in [3.8, 4) is 11.8 Å². The molecule has 23 heavy (non-hydrogen) atoms. The highest BCUT2D eigenvalue weighted by Gasteiger charge is 2.04. The molecule has 2 aromatic carbocycles. The molecule has 118 valence electrons. The smallest absolute Gasteiger partial charge is 0.243 e. The van der Waals surface area contributed by atoms with E-state index >= 15 is 0 Å². The third-order valence-corrected chi connectivity index (χ3v) is 2.95. The van der Waals surface area contributed by atoms with Gasteiger partial charge in [0.25, 0.3) is 0 Å². The number of nitrogens with one attached hydrogen (secondary N) is 2. The third kappa shape index (κ3) is 5.36. The number of nitriles is 1. The third-order valence-electron chi connectivity index (χ3n) is 2.95. The first-order valence-corrected chi connectivity index (χ1v) is 7.37. The van der Waals surface area contributed by atoms with Crippen LogP contribution in [-0.4, -0.2) is 18.6 Å². The molecule has 2 aromatic rings. The molecule has 0 aliphatic rings. The molecule has 0 aliphatic carbocycles. The number of ether oxygens (including phenoxy) is 1. The van der Waals surface area contributed by atoms with E-state index in [9.17, 15) is 4.79 Å². The molecule has 0 heterocycles. The summed E-state index contributed by atoms with van der Waals surface area (Å²) in [6, 6.07) is 16.3. The van der Waals surface area contributed by atoms with E-state index in [2.05, 4.69) is 16.7 Å². The van der Waals surface area contributed by atoms with Crippen LogP contribution in [0.4, 0.5) is 11.4 Å². The lowest BCUT2D eigenvalue weighted by Crippen LogP contribution is -2.21. The Kier molecular flexibility index (Phi) is 5.59. The fraction of sp³-hybridized carbons (Fsp3) is 0.222. The summed E-state index contributed by atoms with van der Waals surface area (Å²) in [6.07, 6.45) is 0.115. The van der Waals surface area contributed by atoms with Gasteiger partial charge < -0.3 is 15.4 Å². The molecular weight excluding hydrogens is 290 g/mol. The van der Waals surface area contributed by atoms with Crippen molar-refractivity contribution in [2.45, 2.75) is 20.0 Å². The molecule has 0 unspecified atom stereocenters. The van der Waals surface area contributed by atoms with Gasteiger partial charge in [-0.2, -0.15) is 5.26 Å². The number of benzene rings is 2. The van der Waals surface area contributed by atoms with Crippen molar-refractivity contribution in [3.63, 3.8) is 0 Å². The summed E-state index contributed by atoms with van der Waals surface area (Å²) in [4.78, 5) is 11.9. The summed E-state index contributed by atoms with van der Waals surface area (Å²) in [5, 5.41) is 14.6. The van der Waals surface area contributed by atoms with Gasteiger partial charge in [-0.05, 0) is 56.3 Å². The monoisotopic (exact) mass is 309 g/mol. The van der Waals surface area contributed by atoms with E-state index in [1.54, 1.807) is 30.3 Å². The highest BCUT2D eigenvalue weighted by atomic mass is 16.5. The molecule has 0 radical (unpaired) electrons. The van der Waals surface area contributed by atoms with Crippen LogP contribution >= 0.6 is 0 Å². The summed E-state index contributed by atoms with van der Waals surface area (Å²) < 4.78 is 5.55. The van der Waals surface area contributed by atoms with Crippen LogP contribution in [0, 0.1) is 11.3 Å². The van der Waals surface area contributed by atoms with Crippen molar-refractivity contribution in [2.24, 2.45) is 0 Å². The zero-order valence-electron chi connectivity index (χ0n) is 13.2. The second-order valence-electron chi connectivity index (χ2n) is 5.29. The average Bonchev–Trinajstić information content (AvgIpc) is 2.54. The number of carbonyl (C=O) groups is 1. The highest BCUT2D eigenvalue weighted by Crippen LogP contribution is 2.17. The van der Waals surface area contributed by atoms with Gasteiger partial charge in [-0.3, -0.25) is 4.79 Å². The first-order chi connectivity index (χ1) is 11.1. The van der Waals surface area contributed by atoms with E-state index in [0.29, 0.717) is 11.3 Å². The van der Waals surface area contributed by atoms with Gasteiger partial charge in [0.15, 0.2) is 0 Å². The fourth-order valence-corrected chi connectivity index (χ4v) is 1.98. The number of anilines is 2. The van der Waals surface area contributed by atoms with Crippen LogP contribution in [0.25, 0.3) is 0 Å². The van der Waals surface area contributed by atoms with Gasteiger partial charge in [-0.25, -0.2) is 0 Å². The zero-order chi connectivity index (χ0) is 16.7. The Morgan fingerprint density at radius 3 is 2.57 bits per heavy atom. The van der Waals surface area contributed by atoms with Crippen LogP contribution in [0.5, 0.6) is 5.75 Å². The minimum atomic E-state index is -0.162. The van der Waals surface area contributed by atoms with Crippen LogP contribution in [0.2, 0.25) is 0 Å². The SMILES string of the molecule is CC(C)Oc1ccc(NC(=O)CNc2cccc(C#N)c2)cc1. The summed E-state index contributed by atoms with van der Waals surface area (Å²) in [5.41, 5.74) is 2.00. The van der Waals surface area contributed by atoms with Crippen LogP contribution in [0.3, 0.4) is 0 Å². The van der Waals surface area contributed by atoms with Crippen molar-refractivity contribution in [2.75, 3.05) is 17.2 Å². The van der Waals surface area contributed by atoms with E-state index in [1.165, 1.54) is 0 Å². The highest BCUT2D eigenvalue weighted by molar-refractivity contribution is 5.93. The predicted octanol–water partition coefficient (Wildman–Crippen LogP) is 3.40. The van der Waals surface area contributed by atoms with Crippen LogP contribution in [0.15, 0.2) is 48.5 Å². The molecule has 1 amide bonds. The Morgan fingerprint density at radius 2 is 1.91 bits per heavy atom. The second-order valence-corrected chi connectivity index (χ2v) is 5.29. The largest absolute Gasteiger partial charge is 0.491 e. The lowest BCUT2D eigenvalue weighted by Gasteiger charge is -2.11. The quantitative estimate of drug-likeness (QED) is 0.857. The molecule has 0 saturated carbocycles. The predicted molar refractivity (Wildman–Crippen MR) is 90.5 cm³/mol. The first kappa shape index (κ1) is 16.4. The van der Waals surface area contributed by atoms with Gasteiger partial charge in [0.2, 0.25) is 5.91 Å². The van der Waals surface area contributed by atoms with E-state index in [-0.39, 0.29) is 18.6 Å². The van der Waals surface area contributed by atoms with E-state index < -0.39 is 0 Å². The van der Waals surface area contributed by atoms with Gasteiger partial charge in [-0.1, -0.05) is 6.07 Å². The van der Waals surface area contributed by atoms with Gasteiger partial charge >= 0.3 is 0 Å². The van der Waals surface area contributed by atoms with Crippen LogP contribution in [0.1, 0.15) is 19.4 Å². The maximum absolute atomic E-state index is 11.9. The van der Waals surface area contributed by atoms with Crippen molar-refractivity contribution in [1.29, 1.82) is 5.26 Å². The number of amides is 1. The van der Waals surface area contributed by atoms with Crippen LogP contribution in [-0.2, 0) is 4.79 Å². The van der Waals surface area contributed by atoms with Crippen molar-refractivity contribution in [1.82, 2.24) is 0 Å². The Hall–Kier alpha value is -3.00. The maximum atomic E-state index is 11.9. The second kappa shape index (κ2) is 7.85. The topological polar surface area (TPSA) is 74.2 Å². The van der Waals surface area contributed by atoms with Crippen molar-refractivity contribution < 1.29 is 9.53 Å². The molecular formula is C18H19N3O2. The molecule has 0 aromatic heterocycles. The summed E-state index contributed by atoms with van der Waals surface area (Å²) in [6.45, 7) is 4.05. The molecule has 0 spiro atoms. The first-order valence-electron chi connectivity index (χ1n) is 7.37. The summed E-state index contributed by atoms with van der Waals surface area (Å²) in [5.74, 6) is 0.606. The minimum absolute atomic E-state index is 0.115. The molecule has 5 nitrogen and oxygen atoms in total. The molecule has 2 rings (SSSR count). The number of hydrogen-bond acceptors (Lipinski definition) is 4.